The topological polar surface area (TPSA) is 70.5 Å². The fraction of sp³-hybridized carbons (Fsp3) is 0.0952. The zero-order valence-electron chi connectivity index (χ0n) is 15.5. The molecule has 4 rings (SSSR count). The number of halogens is 1. The van der Waals surface area contributed by atoms with Gasteiger partial charge in [-0.05, 0) is 36.4 Å². The maximum atomic E-state index is 12.7. The largest absolute Gasteiger partial charge is 0.493 e. The van der Waals surface area contributed by atoms with Gasteiger partial charge >= 0.3 is 5.97 Å². The molecule has 29 heavy (non-hydrogen) atoms. The van der Waals surface area contributed by atoms with E-state index < -0.39 is 5.97 Å². The van der Waals surface area contributed by atoms with Gasteiger partial charge in [-0.2, -0.15) is 0 Å². The number of methoxy groups -OCH3 is 2. The first-order valence-corrected chi connectivity index (χ1v) is 9.80. The number of hydrogen-bond donors (Lipinski definition) is 0. The summed E-state index contributed by atoms with van der Waals surface area (Å²) in [7, 11) is 3.12. The highest BCUT2D eigenvalue weighted by atomic mass is 35.5. The van der Waals surface area contributed by atoms with Crippen LogP contribution in [0.15, 0.2) is 54.0 Å². The van der Waals surface area contributed by atoms with Crippen LogP contribution in [0.2, 0.25) is 5.02 Å². The van der Waals surface area contributed by atoms with Crippen molar-refractivity contribution in [2.75, 3.05) is 14.2 Å². The molecule has 0 atom stereocenters. The van der Waals surface area contributed by atoms with Crippen LogP contribution in [0.3, 0.4) is 0 Å². The molecule has 146 valence electrons. The minimum Gasteiger partial charge on any atom is -0.493 e. The molecule has 0 fully saturated rings. The molecule has 0 aliphatic carbocycles. The van der Waals surface area contributed by atoms with Crippen molar-refractivity contribution in [1.29, 1.82) is 0 Å². The van der Waals surface area contributed by atoms with E-state index in [0.29, 0.717) is 38.2 Å². The number of aromatic nitrogens is 2. The normalized spacial score (nSPS) is 10.7. The van der Waals surface area contributed by atoms with Crippen molar-refractivity contribution in [2.45, 2.75) is 0 Å². The third-order valence-corrected chi connectivity index (χ3v) is 5.43. The second kappa shape index (κ2) is 8.06. The number of benzene rings is 2. The Bertz CT molecular complexity index is 1210. The fourth-order valence-electron chi connectivity index (χ4n) is 2.89. The molecule has 0 aliphatic rings. The molecular formula is C21H15ClN2O4S. The second-order valence-electron chi connectivity index (χ2n) is 5.91. The number of fused-ring (bicyclic) bond motifs is 1. The number of thiazole rings is 1. The number of para-hydroxylation sites is 1. The van der Waals surface area contributed by atoms with Gasteiger partial charge in [-0.3, -0.25) is 4.98 Å². The van der Waals surface area contributed by atoms with E-state index in [-0.39, 0.29) is 5.69 Å². The fourth-order valence-corrected chi connectivity index (χ4v) is 3.92. The van der Waals surface area contributed by atoms with E-state index in [1.54, 1.807) is 50.1 Å². The van der Waals surface area contributed by atoms with Gasteiger partial charge in [-0.25, -0.2) is 9.78 Å². The van der Waals surface area contributed by atoms with Gasteiger partial charge in [0.25, 0.3) is 0 Å². The maximum absolute atomic E-state index is 12.7. The lowest BCUT2D eigenvalue weighted by molar-refractivity contribution is 0.0731. The van der Waals surface area contributed by atoms with E-state index in [1.807, 2.05) is 18.2 Å². The van der Waals surface area contributed by atoms with E-state index in [1.165, 1.54) is 11.3 Å². The zero-order chi connectivity index (χ0) is 20.4. The van der Waals surface area contributed by atoms with Crippen LogP contribution in [0.1, 0.15) is 10.5 Å². The van der Waals surface area contributed by atoms with Gasteiger partial charge in [-0.15, -0.1) is 11.3 Å². The number of hydrogen-bond acceptors (Lipinski definition) is 7. The minimum atomic E-state index is -0.580. The van der Waals surface area contributed by atoms with Gasteiger partial charge in [0.2, 0.25) is 0 Å². The van der Waals surface area contributed by atoms with Gasteiger partial charge < -0.3 is 14.2 Å². The van der Waals surface area contributed by atoms with Crippen LogP contribution in [0.25, 0.3) is 21.5 Å². The molecule has 0 aliphatic heterocycles. The first-order chi connectivity index (χ1) is 14.1. The number of nitrogens with zero attached hydrogens (tertiary/aromatic N) is 2. The summed E-state index contributed by atoms with van der Waals surface area (Å²) < 4.78 is 16.3. The van der Waals surface area contributed by atoms with Gasteiger partial charge in [-0.1, -0.05) is 17.7 Å². The average Bonchev–Trinajstić information content (AvgIpc) is 3.25. The van der Waals surface area contributed by atoms with Crippen molar-refractivity contribution < 1.29 is 19.0 Å². The molecule has 0 unspecified atom stereocenters. The predicted octanol–water partition coefficient (Wildman–Crippen LogP) is 5.25. The van der Waals surface area contributed by atoms with Crippen LogP contribution in [0, 0.1) is 0 Å². The summed E-state index contributed by atoms with van der Waals surface area (Å²) in [6.07, 6.45) is 1.62. The number of carbonyl (C=O) groups excluding carboxylic acids is 1. The van der Waals surface area contributed by atoms with Crippen molar-refractivity contribution >= 4 is 39.8 Å². The lowest BCUT2D eigenvalue weighted by atomic mass is 10.2. The molecule has 8 heteroatoms. The van der Waals surface area contributed by atoms with Crippen molar-refractivity contribution in [1.82, 2.24) is 9.97 Å². The number of pyridine rings is 1. The molecule has 0 bridgehead atoms. The molecule has 0 spiro atoms. The van der Waals surface area contributed by atoms with Crippen LogP contribution < -0.4 is 14.2 Å². The third-order valence-electron chi connectivity index (χ3n) is 4.23. The maximum Gasteiger partial charge on any atom is 0.363 e. The van der Waals surface area contributed by atoms with Crippen molar-refractivity contribution in [3.05, 3.63) is 64.8 Å². The molecule has 0 amide bonds. The highest BCUT2D eigenvalue weighted by Gasteiger charge is 2.19. The van der Waals surface area contributed by atoms with Crippen LogP contribution in [-0.2, 0) is 0 Å². The van der Waals surface area contributed by atoms with E-state index in [2.05, 4.69) is 9.97 Å². The Morgan fingerprint density at radius 1 is 1.03 bits per heavy atom. The quantitative estimate of drug-likeness (QED) is 0.320. The lowest BCUT2D eigenvalue weighted by Gasteiger charge is -2.10. The van der Waals surface area contributed by atoms with E-state index in [9.17, 15) is 4.79 Å². The summed E-state index contributed by atoms with van der Waals surface area (Å²) in [5.74, 6) is 0.882. The summed E-state index contributed by atoms with van der Waals surface area (Å²) in [6.45, 7) is 0. The first-order valence-electron chi connectivity index (χ1n) is 8.54. The van der Waals surface area contributed by atoms with Gasteiger partial charge in [0, 0.05) is 17.0 Å². The molecule has 0 saturated heterocycles. The molecule has 2 heterocycles. The highest BCUT2D eigenvalue weighted by Crippen LogP contribution is 2.39. The number of esters is 1. The molecule has 6 nitrogen and oxygen atoms in total. The molecule has 2 aromatic heterocycles. The summed E-state index contributed by atoms with van der Waals surface area (Å²) >= 11 is 7.51. The summed E-state index contributed by atoms with van der Waals surface area (Å²) in [4.78, 5) is 21.4. The molecule has 0 N–H and O–H groups in total. The molecular weight excluding hydrogens is 412 g/mol. The summed E-state index contributed by atoms with van der Waals surface area (Å²) in [5, 5.41) is 3.50. The first kappa shape index (κ1) is 19.2. The Hall–Kier alpha value is -3.16. The molecule has 2 aromatic carbocycles. The Balaban J connectivity index is 1.65. The SMILES string of the molecule is COc1cccc(-c2nc(C(=O)Oc3ccc(Cl)c4cccnc34)cs2)c1OC. The summed E-state index contributed by atoms with van der Waals surface area (Å²) in [6, 6.07) is 12.4. The molecule has 4 aromatic rings. The van der Waals surface area contributed by atoms with E-state index in [0.717, 1.165) is 5.56 Å². The van der Waals surface area contributed by atoms with E-state index >= 15 is 0 Å². The van der Waals surface area contributed by atoms with Crippen molar-refractivity contribution in [3.63, 3.8) is 0 Å². The Morgan fingerprint density at radius 3 is 2.69 bits per heavy atom. The number of ether oxygens (including phenoxy) is 3. The smallest absolute Gasteiger partial charge is 0.363 e. The van der Waals surface area contributed by atoms with Crippen LogP contribution in [-0.4, -0.2) is 30.2 Å². The molecule has 0 saturated carbocycles. The van der Waals surface area contributed by atoms with E-state index in [4.69, 9.17) is 25.8 Å². The van der Waals surface area contributed by atoms with Gasteiger partial charge in [0.15, 0.2) is 22.9 Å². The summed E-state index contributed by atoms with van der Waals surface area (Å²) in [5.41, 5.74) is 1.43. The lowest BCUT2D eigenvalue weighted by Crippen LogP contribution is -2.09. The van der Waals surface area contributed by atoms with Gasteiger partial charge in [0.05, 0.1) is 24.8 Å². The third kappa shape index (κ3) is 3.62. The van der Waals surface area contributed by atoms with Crippen molar-refractivity contribution in [2.24, 2.45) is 0 Å². The predicted molar refractivity (Wildman–Crippen MR) is 112 cm³/mol. The minimum absolute atomic E-state index is 0.189. The zero-order valence-corrected chi connectivity index (χ0v) is 17.1. The number of carbonyl (C=O) groups is 1. The standard InChI is InChI=1S/C21H15ClN2O4S/c1-26-17-7-3-5-13(19(17)27-2)20-24-15(11-29-20)21(25)28-16-9-8-14(22)12-6-4-10-23-18(12)16/h3-11H,1-2H3. The van der Waals surface area contributed by atoms with Crippen LogP contribution in [0.5, 0.6) is 17.2 Å². The van der Waals surface area contributed by atoms with Crippen LogP contribution in [0.4, 0.5) is 0 Å². The Labute approximate surface area is 175 Å². The highest BCUT2D eigenvalue weighted by molar-refractivity contribution is 7.13. The monoisotopic (exact) mass is 426 g/mol. The average molecular weight is 427 g/mol. The number of rotatable bonds is 5. The second-order valence-corrected chi connectivity index (χ2v) is 7.18. The molecule has 0 radical (unpaired) electrons. The Kier molecular flexibility index (Phi) is 5.33. The van der Waals surface area contributed by atoms with Crippen LogP contribution >= 0.6 is 22.9 Å². The van der Waals surface area contributed by atoms with Crippen molar-refractivity contribution in [3.8, 4) is 27.8 Å². The Morgan fingerprint density at radius 2 is 1.90 bits per heavy atom. The van der Waals surface area contributed by atoms with Gasteiger partial charge in [0.1, 0.15) is 10.5 Å².